The van der Waals surface area contributed by atoms with Crippen LogP contribution in [-0.4, -0.2) is 42.3 Å². The van der Waals surface area contributed by atoms with Crippen molar-refractivity contribution < 1.29 is 14.6 Å². The third kappa shape index (κ3) is 2.84. The summed E-state index contributed by atoms with van der Waals surface area (Å²) in [5, 5.41) is 9.10. The molecule has 1 fully saturated rings. The maximum Gasteiger partial charge on any atom is 0.336 e. The van der Waals surface area contributed by atoms with Crippen molar-refractivity contribution in [3.63, 3.8) is 0 Å². The molecule has 1 aliphatic heterocycles. The summed E-state index contributed by atoms with van der Waals surface area (Å²) in [6, 6.07) is 7.55. The number of rotatable bonds is 4. The summed E-state index contributed by atoms with van der Waals surface area (Å²) in [4.78, 5) is 13.2. The molecule has 1 aromatic rings. The highest BCUT2D eigenvalue weighted by atomic mass is 16.5. The van der Waals surface area contributed by atoms with E-state index < -0.39 is 5.97 Å². The predicted octanol–water partition coefficient (Wildman–Crippen LogP) is 1.61. The number of nitrogens with zero attached hydrogens (tertiary/aromatic N) is 1. The summed E-state index contributed by atoms with van der Waals surface area (Å²) in [6.07, 6.45) is 1.02. The SMILES string of the molecule is CN(Cc1ccccc1C(=O)O)C1CCOC1. The highest BCUT2D eigenvalue weighted by Crippen LogP contribution is 2.16. The number of aromatic carboxylic acids is 1. The van der Waals surface area contributed by atoms with Crippen molar-refractivity contribution in [3.05, 3.63) is 35.4 Å². The molecule has 0 radical (unpaired) electrons. The quantitative estimate of drug-likeness (QED) is 0.861. The Kier molecular flexibility index (Phi) is 3.76. The largest absolute Gasteiger partial charge is 0.478 e. The maximum atomic E-state index is 11.1. The maximum absolute atomic E-state index is 11.1. The fraction of sp³-hybridized carbons (Fsp3) is 0.462. The van der Waals surface area contributed by atoms with Crippen LogP contribution >= 0.6 is 0 Å². The van der Waals surface area contributed by atoms with Gasteiger partial charge in [0.2, 0.25) is 0 Å². The Morgan fingerprint density at radius 2 is 2.29 bits per heavy atom. The van der Waals surface area contributed by atoms with E-state index in [1.54, 1.807) is 12.1 Å². The van der Waals surface area contributed by atoms with Crippen LogP contribution in [0.3, 0.4) is 0 Å². The minimum atomic E-state index is -0.864. The molecule has 92 valence electrons. The Hall–Kier alpha value is -1.39. The second-order valence-electron chi connectivity index (χ2n) is 4.39. The van der Waals surface area contributed by atoms with Crippen molar-refractivity contribution in [3.8, 4) is 0 Å². The standard InChI is InChI=1S/C13H17NO3/c1-14(11-6-7-17-9-11)8-10-4-2-3-5-12(10)13(15)16/h2-5,11H,6-9H2,1H3,(H,15,16). The van der Waals surface area contributed by atoms with Crippen molar-refractivity contribution in [2.75, 3.05) is 20.3 Å². The number of carbonyl (C=O) groups is 1. The zero-order valence-corrected chi connectivity index (χ0v) is 9.93. The molecular weight excluding hydrogens is 218 g/mol. The lowest BCUT2D eigenvalue weighted by Crippen LogP contribution is -2.31. The molecule has 1 aliphatic rings. The molecule has 0 saturated carbocycles. The Morgan fingerprint density at radius 3 is 2.94 bits per heavy atom. The van der Waals surface area contributed by atoms with Crippen LogP contribution < -0.4 is 0 Å². The molecule has 1 aromatic carbocycles. The van der Waals surface area contributed by atoms with E-state index in [2.05, 4.69) is 4.90 Å². The Bertz CT molecular complexity index is 399. The molecule has 1 unspecified atom stereocenters. The normalized spacial score (nSPS) is 19.8. The lowest BCUT2D eigenvalue weighted by molar-refractivity contribution is 0.0694. The van der Waals surface area contributed by atoms with Crippen LogP contribution in [0.1, 0.15) is 22.3 Å². The van der Waals surface area contributed by atoms with Crippen LogP contribution in [-0.2, 0) is 11.3 Å². The molecule has 1 N–H and O–H groups in total. The van der Waals surface area contributed by atoms with Gasteiger partial charge in [-0.25, -0.2) is 4.79 Å². The minimum Gasteiger partial charge on any atom is -0.478 e. The molecule has 1 saturated heterocycles. The second kappa shape index (κ2) is 5.29. The van der Waals surface area contributed by atoms with E-state index in [0.717, 1.165) is 25.2 Å². The molecule has 0 amide bonds. The summed E-state index contributed by atoms with van der Waals surface area (Å²) < 4.78 is 5.34. The van der Waals surface area contributed by atoms with Crippen LogP contribution in [0.15, 0.2) is 24.3 Å². The first kappa shape index (κ1) is 12.1. The molecule has 1 heterocycles. The molecular formula is C13H17NO3. The number of likely N-dealkylation sites (N-methyl/N-ethyl adjacent to an activating group) is 1. The van der Waals surface area contributed by atoms with E-state index in [4.69, 9.17) is 9.84 Å². The Balaban J connectivity index is 2.09. The van der Waals surface area contributed by atoms with Gasteiger partial charge in [-0.2, -0.15) is 0 Å². The average Bonchev–Trinajstić information content (AvgIpc) is 2.83. The number of hydrogen-bond acceptors (Lipinski definition) is 3. The van der Waals surface area contributed by atoms with E-state index in [1.807, 2.05) is 19.2 Å². The van der Waals surface area contributed by atoms with Crippen LogP contribution in [0.2, 0.25) is 0 Å². The van der Waals surface area contributed by atoms with E-state index in [1.165, 1.54) is 0 Å². The number of carboxylic acid groups (broad SMARTS) is 1. The first-order valence-corrected chi connectivity index (χ1v) is 5.77. The number of benzene rings is 1. The van der Waals surface area contributed by atoms with E-state index in [-0.39, 0.29) is 0 Å². The van der Waals surface area contributed by atoms with Gasteiger partial charge < -0.3 is 9.84 Å². The molecule has 0 aromatic heterocycles. The van der Waals surface area contributed by atoms with Gasteiger partial charge >= 0.3 is 5.97 Å². The molecule has 0 aliphatic carbocycles. The second-order valence-corrected chi connectivity index (χ2v) is 4.39. The van der Waals surface area contributed by atoms with Gasteiger partial charge in [-0.3, -0.25) is 4.90 Å². The fourth-order valence-corrected chi connectivity index (χ4v) is 2.13. The van der Waals surface area contributed by atoms with Crippen LogP contribution in [0.4, 0.5) is 0 Å². The lowest BCUT2D eigenvalue weighted by Gasteiger charge is -2.23. The summed E-state index contributed by atoms with van der Waals surface area (Å²) in [6.45, 7) is 2.19. The van der Waals surface area contributed by atoms with Gasteiger partial charge in [0.15, 0.2) is 0 Å². The topological polar surface area (TPSA) is 49.8 Å². The zero-order valence-electron chi connectivity index (χ0n) is 9.93. The van der Waals surface area contributed by atoms with Crippen LogP contribution in [0, 0.1) is 0 Å². The van der Waals surface area contributed by atoms with E-state index in [9.17, 15) is 4.79 Å². The lowest BCUT2D eigenvalue weighted by atomic mass is 10.1. The highest BCUT2D eigenvalue weighted by Gasteiger charge is 2.21. The smallest absolute Gasteiger partial charge is 0.336 e. The molecule has 1 atom stereocenters. The number of ether oxygens (including phenoxy) is 1. The molecule has 4 nitrogen and oxygen atoms in total. The molecule has 4 heteroatoms. The average molecular weight is 235 g/mol. The van der Waals surface area contributed by atoms with Gasteiger partial charge in [-0.1, -0.05) is 18.2 Å². The summed E-state index contributed by atoms with van der Waals surface area (Å²) in [5.74, 6) is -0.864. The van der Waals surface area contributed by atoms with Gasteiger partial charge in [0.25, 0.3) is 0 Å². The molecule has 0 bridgehead atoms. The van der Waals surface area contributed by atoms with Gasteiger partial charge in [0.05, 0.1) is 12.2 Å². The monoisotopic (exact) mass is 235 g/mol. The predicted molar refractivity (Wildman–Crippen MR) is 64.1 cm³/mol. The first-order chi connectivity index (χ1) is 8.18. The van der Waals surface area contributed by atoms with Gasteiger partial charge in [0.1, 0.15) is 0 Å². The third-order valence-corrected chi connectivity index (χ3v) is 3.20. The van der Waals surface area contributed by atoms with E-state index >= 15 is 0 Å². The fourth-order valence-electron chi connectivity index (χ4n) is 2.13. The molecule has 2 rings (SSSR count). The summed E-state index contributed by atoms with van der Waals surface area (Å²) >= 11 is 0. The molecule has 17 heavy (non-hydrogen) atoms. The Labute approximate surface area is 101 Å². The summed E-state index contributed by atoms with van der Waals surface area (Å²) in [5.41, 5.74) is 1.24. The molecule has 0 spiro atoms. The van der Waals surface area contributed by atoms with Crippen LogP contribution in [0.25, 0.3) is 0 Å². The van der Waals surface area contributed by atoms with Crippen LogP contribution in [0.5, 0.6) is 0 Å². The third-order valence-electron chi connectivity index (χ3n) is 3.20. The van der Waals surface area contributed by atoms with Crippen molar-refractivity contribution in [2.24, 2.45) is 0 Å². The van der Waals surface area contributed by atoms with Gasteiger partial charge in [0, 0.05) is 19.2 Å². The van der Waals surface area contributed by atoms with Gasteiger partial charge in [-0.05, 0) is 25.1 Å². The first-order valence-electron chi connectivity index (χ1n) is 5.77. The van der Waals surface area contributed by atoms with Crippen molar-refractivity contribution >= 4 is 5.97 Å². The zero-order chi connectivity index (χ0) is 12.3. The van der Waals surface area contributed by atoms with Gasteiger partial charge in [-0.15, -0.1) is 0 Å². The van der Waals surface area contributed by atoms with Crippen molar-refractivity contribution in [1.82, 2.24) is 4.90 Å². The number of hydrogen-bond donors (Lipinski definition) is 1. The summed E-state index contributed by atoms with van der Waals surface area (Å²) in [7, 11) is 2.01. The van der Waals surface area contributed by atoms with Crippen molar-refractivity contribution in [2.45, 2.75) is 19.0 Å². The highest BCUT2D eigenvalue weighted by molar-refractivity contribution is 5.89. The Morgan fingerprint density at radius 1 is 1.53 bits per heavy atom. The van der Waals surface area contributed by atoms with E-state index in [0.29, 0.717) is 18.2 Å². The number of carboxylic acids is 1. The van der Waals surface area contributed by atoms with Crippen molar-refractivity contribution in [1.29, 1.82) is 0 Å². The minimum absolute atomic E-state index is 0.387.